The van der Waals surface area contributed by atoms with E-state index in [0.717, 1.165) is 17.6 Å². The standard InChI is InChI=1S/C11H16BrN3/c1-8-7-15(9(2)4-14-8)11-3-10(12)5-13-6-11/h3,5-6,8-9,14H,4,7H2,1-2H3. The number of aromatic nitrogens is 1. The van der Waals surface area contributed by atoms with Crippen LogP contribution in [0.1, 0.15) is 13.8 Å². The van der Waals surface area contributed by atoms with Crippen molar-refractivity contribution in [3.05, 3.63) is 22.9 Å². The van der Waals surface area contributed by atoms with Crippen LogP contribution < -0.4 is 10.2 Å². The average molecular weight is 270 g/mol. The van der Waals surface area contributed by atoms with Crippen molar-refractivity contribution in [2.24, 2.45) is 0 Å². The number of anilines is 1. The van der Waals surface area contributed by atoms with Gasteiger partial charge in [-0.25, -0.2) is 0 Å². The second kappa shape index (κ2) is 4.49. The Bertz CT molecular complexity index is 342. The molecule has 2 unspecified atom stereocenters. The maximum Gasteiger partial charge on any atom is 0.0567 e. The number of hydrogen-bond acceptors (Lipinski definition) is 3. The number of hydrogen-bond donors (Lipinski definition) is 1. The lowest BCUT2D eigenvalue weighted by Crippen LogP contribution is -2.54. The van der Waals surface area contributed by atoms with E-state index in [1.165, 1.54) is 5.69 Å². The fraction of sp³-hybridized carbons (Fsp3) is 0.545. The Morgan fingerprint density at radius 1 is 1.47 bits per heavy atom. The summed E-state index contributed by atoms with van der Waals surface area (Å²) in [6.07, 6.45) is 3.75. The van der Waals surface area contributed by atoms with Gasteiger partial charge in [-0.2, -0.15) is 0 Å². The zero-order chi connectivity index (χ0) is 10.8. The van der Waals surface area contributed by atoms with Crippen LogP contribution in [0.5, 0.6) is 0 Å². The van der Waals surface area contributed by atoms with Crippen LogP contribution in [0.4, 0.5) is 5.69 Å². The molecule has 1 aliphatic rings. The normalized spacial score (nSPS) is 26.7. The summed E-state index contributed by atoms with van der Waals surface area (Å²) in [6, 6.07) is 3.19. The van der Waals surface area contributed by atoms with E-state index >= 15 is 0 Å². The second-order valence-corrected chi connectivity index (χ2v) is 5.09. The van der Waals surface area contributed by atoms with Gasteiger partial charge < -0.3 is 10.2 Å². The van der Waals surface area contributed by atoms with Crippen LogP contribution in [-0.2, 0) is 0 Å². The van der Waals surface area contributed by atoms with Crippen LogP contribution in [0.2, 0.25) is 0 Å². The summed E-state index contributed by atoms with van der Waals surface area (Å²) in [6.45, 7) is 6.52. The third kappa shape index (κ3) is 2.49. The number of rotatable bonds is 1. The SMILES string of the molecule is CC1CN(c2cncc(Br)c2)C(C)CN1. The Balaban J connectivity index is 2.21. The van der Waals surface area contributed by atoms with E-state index in [2.05, 4.69) is 51.0 Å². The molecule has 3 nitrogen and oxygen atoms in total. The average Bonchev–Trinajstić information content (AvgIpc) is 2.22. The third-order valence-electron chi connectivity index (χ3n) is 2.79. The quantitative estimate of drug-likeness (QED) is 0.846. The van der Waals surface area contributed by atoms with E-state index in [0.29, 0.717) is 12.1 Å². The van der Waals surface area contributed by atoms with Crippen molar-refractivity contribution < 1.29 is 0 Å². The van der Waals surface area contributed by atoms with Crippen molar-refractivity contribution in [3.8, 4) is 0 Å². The molecule has 15 heavy (non-hydrogen) atoms. The van der Waals surface area contributed by atoms with Gasteiger partial charge in [0.25, 0.3) is 0 Å². The topological polar surface area (TPSA) is 28.2 Å². The zero-order valence-corrected chi connectivity index (χ0v) is 10.7. The first kappa shape index (κ1) is 10.9. The highest BCUT2D eigenvalue weighted by molar-refractivity contribution is 9.10. The first-order valence-electron chi connectivity index (χ1n) is 5.27. The van der Waals surface area contributed by atoms with Gasteiger partial charge in [0.1, 0.15) is 0 Å². The number of halogens is 1. The van der Waals surface area contributed by atoms with Crippen LogP contribution in [0.3, 0.4) is 0 Å². The minimum Gasteiger partial charge on any atom is -0.365 e. The summed E-state index contributed by atoms with van der Waals surface area (Å²) < 4.78 is 1.04. The van der Waals surface area contributed by atoms with Crippen LogP contribution in [-0.4, -0.2) is 30.2 Å². The Morgan fingerprint density at radius 2 is 2.27 bits per heavy atom. The maximum absolute atomic E-state index is 4.21. The lowest BCUT2D eigenvalue weighted by molar-refractivity contribution is 0.425. The van der Waals surface area contributed by atoms with Crippen molar-refractivity contribution in [3.63, 3.8) is 0 Å². The fourth-order valence-electron chi connectivity index (χ4n) is 1.94. The molecular weight excluding hydrogens is 254 g/mol. The van der Waals surface area contributed by atoms with Gasteiger partial charge in [0.05, 0.1) is 11.9 Å². The molecule has 4 heteroatoms. The van der Waals surface area contributed by atoms with Gasteiger partial charge in [0, 0.05) is 35.8 Å². The molecular formula is C11H16BrN3. The minimum absolute atomic E-state index is 0.525. The molecule has 1 N–H and O–H groups in total. The molecule has 0 spiro atoms. The van der Waals surface area contributed by atoms with Gasteiger partial charge in [-0.1, -0.05) is 0 Å². The molecule has 0 saturated carbocycles. The van der Waals surface area contributed by atoms with Gasteiger partial charge in [0.2, 0.25) is 0 Å². The van der Waals surface area contributed by atoms with Gasteiger partial charge in [0.15, 0.2) is 0 Å². The Labute approximate surface area is 99.0 Å². The van der Waals surface area contributed by atoms with Crippen molar-refractivity contribution in [1.29, 1.82) is 0 Å². The highest BCUT2D eigenvalue weighted by Gasteiger charge is 2.22. The number of nitrogens with one attached hydrogen (secondary N) is 1. The van der Waals surface area contributed by atoms with Crippen molar-refractivity contribution >= 4 is 21.6 Å². The lowest BCUT2D eigenvalue weighted by Gasteiger charge is -2.39. The monoisotopic (exact) mass is 269 g/mol. The summed E-state index contributed by atoms with van der Waals surface area (Å²) in [5.41, 5.74) is 1.20. The molecule has 0 bridgehead atoms. The van der Waals surface area contributed by atoms with Crippen molar-refractivity contribution in [2.45, 2.75) is 25.9 Å². The largest absolute Gasteiger partial charge is 0.365 e. The molecule has 1 aromatic heterocycles. The Morgan fingerprint density at radius 3 is 3.00 bits per heavy atom. The lowest BCUT2D eigenvalue weighted by atomic mass is 10.1. The molecule has 2 atom stereocenters. The van der Waals surface area contributed by atoms with E-state index in [-0.39, 0.29) is 0 Å². The maximum atomic E-state index is 4.21. The van der Waals surface area contributed by atoms with Crippen LogP contribution in [0, 0.1) is 0 Å². The molecule has 82 valence electrons. The highest BCUT2D eigenvalue weighted by Crippen LogP contribution is 2.22. The van der Waals surface area contributed by atoms with Crippen LogP contribution >= 0.6 is 15.9 Å². The van der Waals surface area contributed by atoms with Crippen LogP contribution in [0.15, 0.2) is 22.9 Å². The minimum atomic E-state index is 0.525. The van der Waals surface area contributed by atoms with E-state index in [1.54, 1.807) is 0 Å². The third-order valence-corrected chi connectivity index (χ3v) is 3.22. The van der Waals surface area contributed by atoms with E-state index in [9.17, 15) is 0 Å². The number of nitrogens with zero attached hydrogens (tertiary/aromatic N) is 2. The molecule has 0 radical (unpaired) electrons. The van der Waals surface area contributed by atoms with Crippen LogP contribution in [0.25, 0.3) is 0 Å². The first-order chi connectivity index (χ1) is 7.16. The summed E-state index contributed by atoms with van der Waals surface area (Å²) in [4.78, 5) is 6.61. The van der Waals surface area contributed by atoms with E-state index in [1.807, 2.05) is 12.4 Å². The van der Waals surface area contributed by atoms with Crippen molar-refractivity contribution in [1.82, 2.24) is 10.3 Å². The summed E-state index contributed by atoms with van der Waals surface area (Å²) in [7, 11) is 0. The summed E-state index contributed by atoms with van der Waals surface area (Å²) >= 11 is 3.46. The number of piperazine rings is 1. The van der Waals surface area contributed by atoms with Gasteiger partial charge in [-0.15, -0.1) is 0 Å². The second-order valence-electron chi connectivity index (χ2n) is 4.17. The Hall–Kier alpha value is -0.610. The molecule has 0 amide bonds. The number of pyridine rings is 1. The molecule has 1 aliphatic heterocycles. The molecule has 0 aliphatic carbocycles. The summed E-state index contributed by atoms with van der Waals surface area (Å²) in [5.74, 6) is 0. The predicted octanol–water partition coefficient (Wildman–Crippen LogP) is 2.03. The predicted molar refractivity (Wildman–Crippen MR) is 66.2 cm³/mol. The summed E-state index contributed by atoms with van der Waals surface area (Å²) in [5, 5.41) is 3.47. The highest BCUT2D eigenvalue weighted by atomic mass is 79.9. The first-order valence-corrected chi connectivity index (χ1v) is 6.06. The fourth-order valence-corrected chi connectivity index (χ4v) is 2.29. The van der Waals surface area contributed by atoms with Gasteiger partial charge >= 0.3 is 0 Å². The van der Waals surface area contributed by atoms with Crippen molar-refractivity contribution in [2.75, 3.05) is 18.0 Å². The molecule has 1 aromatic rings. The van der Waals surface area contributed by atoms with Gasteiger partial charge in [-0.3, -0.25) is 4.98 Å². The molecule has 1 saturated heterocycles. The van der Waals surface area contributed by atoms with Gasteiger partial charge in [-0.05, 0) is 35.8 Å². The van der Waals surface area contributed by atoms with E-state index in [4.69, 9.17) is 0 Å². The molecule has 1 fully saturated rings. The molecule has 0 aromatic carbocycles. The zero-order valence-electron chi connectivity index (χ0n) is 9.07. The van der Waals surface area contributed by atoms with E-state index < -0.39 is 0 Å². The molecule has 2 rings (SSSR count). The smallest absolute Gasteiger partial charge is 0.0567 e. The molecule has 2 heterocycles. The Kier molecular flexibility index (Phi) is 3.26.